The fraction of sp³-hybridized carbons (Fsp3) is 0.222. The summed E-state index contributed by atoms with van der Waals surface area (Å²) in [6, 6.07) is 13.7. The molecule has 9 nitrogen and oxygen atoms in total. The SMILES string of the molecule is Cc1cc2c(c(=O)n1CCc1ccc(O)cc1)C(c1cc3cc4c(cc3[nH]c1=O)OCO4)CC(=O)O2. The molecule has 182 valence electrons. The van der Waals surface area contributed by atoms with Crippen molar-refractivity contribution >= 4 is 16.9 Å². The summed E-state index contributed by atoms with van der Waals surface area (Å²) in [6.07, 6.45) is 0.441. The Bertz CT molecular complexity index is 1650. The molecule has 9 heteroatoms. The van der Waals surface area contributed by atoms with E-state index in [0.29, 0.717) is 46.6 Å². The smallest absolute Gasteiger partial charge is 0.312 e. The maximum absolute atomic E-state index is 13.7. The molecule has 0 radical (unpaired) electrons. The molecule has 4 heterocycles. The first-order valence-corrected chi connectivity index (χ1v) is 11.6. The average Bonchev–Trinajstić information content (AvgIpc) is 3.29. The third-order valence-corrected chi connectivity index (χ3v) is 6.75. The summed E-state index contributed by atoms with van der Waals surface area (Å²) in [5, 5.41) is 10.2. The molecule has 0 bridgehead atoms. The number of fused-ring (bicyclic) bond motifs is 3. The zero-order valence-corrected chi connectivity index (χ0v) is 19.4. The lowest BCUT2D eigenvalue weighted by molar-refractivity contribution is -0.135. The van der Waals surface area contributed by atoms with E-state index < -0.39 is 11.9 Å². The molecule has 36 heavy (non-hydrogen) atoms. The van der Waals surface area contributed by atoms with E-state index in [4.69, 9.17) is 14.2 Å². The monoisotopic (exact) mass is 486 g/mol. The summed E-state index contributed by atoms with van der Waals surface area (Å²) in [5.74, 6) is 0.215. The van der Waals surface area contributed by atoms with Gasteiger partial charge < -0.3 is 28.9 Å². The topological polar surface area (TPSA) is 120 Å². The number of aromatic amines is 1. The van der Waals surface area contributed by atoms with Crippen LogP contribution in [0.15, 0.2) is 58.1 Å². The molecule has 0 fully saturated rings. The second-order valence-electron chi connectivity index (χ2n) is 9.01. The van der Waals surface area contributed by atoms with Gasteiger partial charge in [0.1, 0.15) is 11.5 Å². The first kappa shape index (κ1) is 22.0. The number of phenols is 1. The van der Waals surface area contributed by atoms with Crippen LogP contribution in [0, 0.1) is 6.92 Å². The summed E-state index contributed by atoms with van der Waals surface area (Å²) in [4.78, 5) is 42.2. The van der Waals surface area contributed by atoms with Gasteiger partial charge >= 0.3 is 5.97 Å². The fourth-order valence-corrected chi connectivity index (χ4v) is 4.91. The van der Waals surface area contributed by atoms with Crippen LogP contribution in [-0.4, -0.2) is 27.4 Å². The van der Waals surface area contributed by atoms with Crippen molar-refractivity contribution in [3.63, 3.8) is 0 Å². The van der Waals surface area contributed by atoms with E-state index in [1.807, 2.05) is 0 Å². The molecule has 2 aromatic carbocycles. The van der Waals surface area contributed by atoms with Gasteiger partial charge in [0, 0.05) is 41.2 Å². The number of H-pyrrole nitrogens is 1. The van der Waals surface area contributed by atoms with Crippen LogP contribution >= 0.6 is 0 Å². The van der Waals surface area contributed by atoms with E-state index in [1.54, 1.807) is 60.0 Å². The van der Waals surface area contributed by atoms with Crippen LogP contribution in [0.3, 0.4) is 0 Å². The lowest BCUT2D eigenvalue weighted by atomic mass is 9.87. The number of ether oxygens (including phenoxy) is 3. The van der Waals surface area contributed by atoms with Gasteiger partial charge in [-0.15, -0.1) is 0 Å². The highest BCUT2D eigenvalue weighted by Crippen LogP contribution is 2.39. The highest BCUT2D eigenvalue weighted by molar-refractivity contribution is 5.84. The zero-order valence-electron chi connectivity index (χ0n) is 19.4. The van der Waals surface area contributed by atoms with Crippen LogP contribution in [0.2, 0.25) is 0 Å². The van der Waals surface area contributed by atoms with Crippen molar-refractivity contribution in [2.24, 2.45) is 0 Å². The summed E-state index contributed by atoms with van der Waals surface area (Å²) in [6.45, 7) is 2.27. The van der Waals surface area contributed by atoms with Crippen molar-refractivity contribution in [3.05, 3.63) is 91.6 Å². The molecule has 2 N–H and O–H groups in total. The Hall–Kier alpha value is -4.53. The Morgan fingerprint density at radius 3 is 2.53 bits per heavy atom. The maximum Gasteiger partial charge on any atom is 0.312 e. The zero-order chi connectivity index (χ0) is 25.0. The number of carbonyl (C=O) groups excluding carboxylic acids is 1. The van der Waals surface area contributed by atoms with E-state index in [2.05, 4.69) is 4.98 Å². The lowest BCUT2D eigenvalue weighted by Gasteiger charge is -2.26. The van der Waals surface area contributed by atoms with Crippen molar-refractivity contribution in [2.75, 3.05) is 6.79 Å². The number of phenolic OH excluding ortho intramolecular Hbond substituents is 1. The molecule has 2 aromatic heterocycles. The maximum atomic E-state index is 13.7. The van der Waals surface area contributed by atoms with Gasteiger partial charge in [-0.2, -0.15) is 0 Å². The van der Waals surface area contributed by atoms with Gasteiger partial charge in [0.05, 0.1) is 17.5 Å². The number of esters is 1. The van der Waals surface area contributed by atoms with Crippen LogP contribution in [0.4, 0.5) is 0 Å². The van der Waals surface area contributed by atoms with E-state index >= 15 is 0 Å². The van der Waals surface area contributed by atoms with Gasteiger partial charge in [-0.1, -0.05) is 12.1 Å². The van der Waals surface area contributed by atoms with Crippen LogP contribution < -0.4 is 25.3 Å². The molecule has 1 unspecified atom stereocenters. The number of pyridine rings is 2. The summed E-state index contributed by atoms with van der Waals surface area (Å²) >= 11 is 0. The fourth-order valence-electron chi connectivity index (χ4n) is 4.91. The molecule has 0 saturated carbocycles. The van der Waals surface area contributed by atoms with Crippen LogP contribution in [0.1, 0.15) is 34.7 Å². The predicted molar refractivity (Wildman–Crippen MR) is 130 cm³/mol. The minimum atomic E-state index is -0.757. The van der Waals surface area contributed by atoms with Gasteiger partial charge in [0.15, 0.2) is 11.5 Å². The number of aryl methyl sites for hydroxylation is 2. The number of hydrogen-bond donors (Lipinski definition) is 2. The van der Waals surface area contributed by atoms with E-state index in [-0.39, 0.29) is 41.4 Å². The van der Waals surface area contributed by atoms with E-state index in [1.165, 1.54) is 0 Å². The van der Waals surface area contributed by atoms with Crippen LogP contribution in [0.25, 0.3) is 10.9 Å². The number of aromatic nitrogens is 2. The molecule has 1 atom stereocenters. The lowest BCUT2D eigenvalue weighted by Crippen LogP contribution is -2.35. The van der Waals surface area contributed by atoms with Crippen molar-refractivity contribution in [2.45, 2.75) is 32.2 Å². The molecule has 0 aliphatic carbocycles. The Morgan fingerprint density at radius 2 is 1.75 bits per heavy atom. The molecule has 6 rings (SSSR count). The van der Waals surface area contributed by atoms with Crippen LogP contribution in [0.5, 0.6) is 23.0 Å². The standard InChI is InChI=1S/C27H22N2O7/c1-14-8-23-25(27(33)29(14)7-6-15-2-4-17(30)5-3-15)18(11-24(31)36-23)19-9-16-10-21-22(35-13-34-21)12-20(16)28-26(19)32/h2-5,8-10,12,18,30H,6-7,11,13H2,1H3,(H,28,32). The van der Waals surface area contributed by atoms with E-state index in [0.717, 1.165) is 5.56 Å². The van der Waals surface area contributed by atoms with E-state index in [9.17, 15) is 19.5 Å². The van der Waals surface area contributed by atoms with Crippen molar-refractivity contribution in [3.8, 4) is 23.0 Å². The Kier molecular flexibility index (Phi) is 5.06. The number of nitrogens with zero attached hydrogens (tertiary/aromatic N) is 1. The number of rotatable bonds is 4. The third kappa shape index (κ3) is 3.69. The van der Waals surface area contributed by atoms with Gasteiger partial charge in [0.2, 0.25) is 6.79 Å². The molecular weight excluding hydrogens is 464 g/mol. The average molecular weight is 486 g/mol. The first-order chi connectivity index (χ1) is 17.4. The van der Waals surface area contributed by atoms with Crippen molar-refractivity contribution in [1.82, 2.24) is 9.55 Å². The van der Waals surface area contributed by atoms with Crippen molar-refractivity contribution in [1.29, 1.82) is 0 Å². The molecule has 2 aliphatic heterocycles. The van der Waals surface area contributed by atoms with Gasteiger partial charge in [0.25, 0.3) is 11.1 Å². The Morgan fingerprint density at radius 1 is 1.00 bits per heavy atom. The van der Waals surface area contributed by atoms with Gasteiger partial charge in [-0.25, -0.2) is 0 Å². The predicted octanol–water partition coefficient (Wildman–Crippen LogP) is 3.12. The number of nitrogens with one attached hydrogen (secondary N) is 1. The summed E-state index contributed by atoms with van der Waals surface area (Å²) in [7, 11) is 0. The molecule has 0 spiro atoms. The van der Waals surface area contributed by atoms with Gasteiger partial charge in [-0.05, 0) is 43.2 Å². The largest absolute Gasteiger partial charge is 0.508 e. The van der Waals surface area contributed by atoms with Crippen LogP contribution in [-0.2, 0) is 17.8 Å². The third-order valence-electron chi connectivity index (χ3n) is 6.75. The van der Waals surface area contributed by atoms with Crippen molar-refractivity contribution < 1.29 is 24.1 Å². The normalized spacial score (nSPS) is 16.1. The molecular formula is C27H22N2O7. The second-order valence-corrected chi connectivity index (χ2v) is 9.01. The highest BCUT2D eigenvalue weighted by Gasteiger charge is 2.34. The number of hydrogen-bond acceptors (Lipinski definition) is 7. The number of aromatic hydroxyl groups is 1. The highest BCUT2D eigenvalue weighted by atomic mass is 16.7. The minimum absolute atomic E-state index is 0.105. The Balaban J connectivity index is 1.44. The molecule has 2 aliphatic rings. The first-order valence-electron chi connectivity index (χ1n) is 11.6. The quantitative estimate of drug-likeness (QED) is 0.425. The number of benzene rings is 2. The number of carbonyl (C=O) groups is 1. The molecule has 0 amide bonds. The Labute approximate surface area is 204 Å². The summed E-state index contributed by atoms with van der Waals surface area (Å²) < 4.78 is 17.9. The molecule has 4 aromatic rings. The minimum Gasteiger partial charge on any atom is -0.508 e. The van der Waals surface area contributed by atoms with Gasteiger partial charge in [-0.3, -0.25) is 14.4 Å². The molecule has 0 saturated heterocycles. The second kappa shape index (κ2) is 8.30. The summed E-state index contributed by atoms with van der Waals surface area (Å²) in [5.41, 5.74) is 2.09.